The van der Waals surface area contributed by atoms with Crippen LogP contribution in [0.4, 0.5) is 0 Å². The molecular formula is C15H16O5. The standard InChI is InChI=1S/C15H16O5/c1-19-13-7-12(20-15(18)8-13)5-3-10-2-4-11(9-16)14(17)6-10/h2-6,8,12,16-17H,7,9H2,1H3/b5-3+. The van der Waals surface area contributed by atoms with Crippen LogP contribution in [0.1, 0.15) is 17.5 Å². The number of esters is 1. The van der Waals surface area contributed by atoms with Crippen molar-refractivity contribution in [2.24, 2.45) is 0 Å². The van der Waals surface area contributed by atoms with Gasteiger partial charge >= 0.3 is 5.97 Å². The zero-order chi connectivity index (χ0) is 14.5. The third-order valence-corrected chi connectivity index (χ3v) is 2.99. The van der Waals surface area contributed by atoms with E-state index in [1.807, 2.05) is 0 Å². The molecule has 5 nitrogen and oxygen atoms in total. The maximum atomic E-state index is 11.3. The monoisotopic (exact) mass is 276 g/mol. The Morgan fingerprint density at radius 2 is 2.30 bits per heavy atom. The average Bonchev–Trinajstić information content (AvgIpc) is 2.44. The Bertz CT molecular complexity index is 559. The number of aromatic hydroxyl groups is 1. The van der Waals surface area contributed by atoms with Crippen LogP contribution in [0.5, 0.6) is 5.75 Å². The first-order valence-corrected chi connectivity index (χ1v) is 6.18. The Labute approximate surface area is 116 Å². The summed E-state index contributed by atoms with van der Waals surface area (Å²) in [6.45, 7) is -0.210. The second kappa shape index (κ2) is 6.25. The molecule has 1 aromatic rings. The van der Waals surface area contributed by atoms with Gasteiger partial charge in [0.15, 0.2) is 0 Å². The maximum absolute atomic E-state index is 11.3. The number of hydrogen-bond donors (Lipinski definition) is 2. The predicted octanol–water partition coefficient (Wildman–Crippen LogP) is 1.74. The smallest absolute Gasteiger partial charge is 0.334 e. The number of hydrogen-bond acceptors (Lipinski definition) is 5. The summed E-state index contributed by atoms with van der Waals surface area (Å²) in [5, 5.41) is 18.6. The highest BCUT2D eigenvalue weighted by Crippen LogP contribution is 2.21. The Morgan fingerprint density at radius 3 is 2.95 bits per heavy atom. The Morgan fingerprint density at radius 1 is 1.50 bits per heavy atom. The van der Waals surface area contributed by atoms with Gasteiger partial charge in [-0.05, 0) is 17.7 Å². The summed E-state index contributed by atoms with van der Waals surface area (Å²) in [7, 11) is 1.51. The van der Waals surface area contributed by atoms with Crippen molar-refractivity contribution >= 4 is 12.0 Å². The molecule has 1 atom stereocenters. The molecule has 1 aliphatic heterocycles. The molecule has 1 aliphatic rings. The molecule has 0 radical (unpaired) electrons. The van der Waals surface area contributed by atoms with Gasteiger partial charge in [0.2, 0.25) is 0 Å². The molecule has 1 aromatic carbocycles. The third-order valence-electron chi connectivity index (χ3n) is 2.99. The van der Waals surface area contributed by atoms with Crippen molar-refractivity contribution in [3.05, 3.63) is 47.2 Å². The van der Waals surface area contributed by atoms with Gasteiger partial charge in [-0.15, -0.1) is 0 Å². The lowest BCUT2D eigenvalue weighted by Crippen LogP contribution is -2.21. The summed E-state index contributed by atoms with van der Waals surface area (Å²) < 4.78 is 10.2. The highest BCUT2D eigenvalue weighted by molar-refractivity contribution is 5.83. The summed E-state index contributed by atoms with van der Waals surface area (Å²) >= 11 is 0. The SMILES string of the molecule is COC1=CC(=O)OC(/C=C/c2ccc(CO)c(O)c2)C1. The molecule has 1 heterocycles. The summed E-state index contributed by atoms with van der Waals surface area (Å²) in [5.74, 6) is 0.184. The molecule has 0 spiro atoms. The molecule has 0 fully saturated rings. The third kappa shape index (κ3) is 3.39. The number of cyclic esters (lactones) is 1. The van der Waals surface area contributed by atoms with Gasteiger partial charge in [-0.1, -0.05) is 18.2 Å². The Balaban J connectivity index is 2.08. The quantitative estimate of drug-likeness (QED) is 0.819. The van der Waals surface area contributed by atoms with E-state index in [0.29, 0.717) is 17.7 Å². The van der Waals surface area contributed by atoms with E-state index < -0.39 is 5.97 Å². The fourth-order valence-corrected chi connectivity index (χ4v) is 1.90. The number of aliphatic hydroxyl groups excluding tert-OH is 1. The van der Waals surface area contributed by atoms with Crippen LogP contribution in [-0.2, 0) is 20.9 Å². The van der Waals surface area contributed by atoms with Gasteiger partial charge in [-0.3, -0.25) is 0 Å². The van der Waals surface area contributed by atoms with Crippen molar-refractivity contribution < 1.29 is 24.5 Å². The molecule has 0 aliphatic carbocycles. The van der Waals surface area contributed by atoms with E-state index in [-0.39, 0.29) is 18.5 Å². The van der Waals surface area contributed by atoms with Crippen molar-refractivity contribution in [2.75, 3.05) is 7.11 Å². The molecule has 0 aromatic heterocycles. The van der Waals surface area contributed by atoms with Crippen LogP contribution in [0, 0.1) is 0 Å². The van der Waals surface area contributed by atoms with Gasteiger partial charge < -0.3 is 19.7 Å². The second-order valence-corrected chi connectivity index (χ2v) is 4.40. The van der Waals surface area contributed by atoms with Crippen molar-refractivity contribution in [1.82, 2.24) is 0 Å². The molecule has 5 heteroatoms. The number of phenols is 1. The molecular weight excluding hydrogens is 260 g/mol. The van der Waals surface area contributed by atoms with Crippen LogP contribution >= 0.6 is 0 Å². The molecule has 106 valence electrons. The molecule has 2 rings (SSSR count). The van der Waals surface area contributed by atoms with Crippen molar-refractivity contribution in [3.63, 3.8) is 0 Å². The largest absolute Gasteiger partial charge is 0.508 e. The van der Waals surface area contributed by atoms with Gasteiger partial charge in [-0.25, -0.2) is 4.79 Å². The zero-order valence-corrected chi connectivity index (χ0v) is 11.1. The van der Waals surface area contributed by atoms with Crippen LogP contribution in [0.2, 0.25) is 0 Å². The lowest BCUT2D eigenvalue weighted by atomic mass is 10.1. The van der Waals surface area contributed by atoms with E-state index in [0.717, 1.165) is 5.56 Å². The number of carbonyl (C=O) groups is 1. The normalized spacial score (nSPS) is 18.8. The van der Waals surface area contributed by atoms with Crippen molar-refractivity contribution in [1.29, 1.82) is 0 Å². The highest BCUT2D eigenvalue weighted by atomic mass is 16.5. The van der Waals surface area contributed by atoms with Gasteiger partial charge in [-0.2, -0.15) is 0 Å². The lowest BCUT2D eigenvalue weighted by molar-refractivity contribution is -0.142. The summed E-state index contributed by atoms with van der Waals surface area (Å²) in [6, 6.07) is 4.95. The topological polar surface area (TPSA) is 76.0 Å². The first-order valence-electron chi connectivity index (χ1n) is 6.18. The second-order valence-electron chi connectivity index (χ2n) is 4.40. The predicted molar refractivity (Wildman–Crippen MR) is 72.7 cm³/mol. The number of benzene rings is 1. The van der Waals surface area contributed by atoms with E-state index in [1.165, 1.54) is 13.2 Å². The van der Waals surface area contributed by atoms with Crippen LogP contribution in [0.25, 0.3) is 6.08 Å². The fourth-order valence-electron chi connectivity index (χ4n) is 1.90. The molecule has 0 amide bonds. The van der Waals surface area contributed by atoms with Crippen LogP contribution in [0.15, 0.2) is 36.1 Å². The molecule has 1 unspecified atom stereocenters. The average molecular weight is 276 g/mol. The number of rotatable bonds is 4. The van der Waals surface area contributed by atoms with Gasteiger partial charge in [0.05, 0.1) is 19.8 Å². The maximum Gasteiger partial charge on any atom is 0.334 e. The molecule has 0 bridgehead atoms. The zero-order valence-electron chi connectivity index (χ0n) is 11.1. The van der Waals surface area contributed by atoms with Crippen LogP contribution < -0.4 is 0 Å². The van der Waals surface area contributed by atoms with Gasteiger partial charge in [0.25, 0.3) is 0 Å². The molecule has 0 saturated heterocycles. The fraction of sp³-hybridized carbons (Fsp3) is 0.267. The van der Waals surface area contributed by atoms with E-state index in [9.17, 15) is 9.90 Å². The summed E-state index contributed by atoms with van der Waals surface area (Å²) in [4.78, 5) is 11.3. The molecule has 2 N–H and O–H groups in total. The summed E-state index contributed by atoms with van der Waals surface area (Å²) in [6.07, 6.45) is 4.91. The number of carbonyl (C=O) groups excluding carboxylic acids is 1. The summed E-state index contributed by atoms with van der Waals surface area (Å²) in [5.41, 5.74) is 1.22. The minimum atomic E-state index is -0.429. The van der Waals surface area contributed by atoms with Gasteiger partial charge in [0, 0.05) is 12.0 Å². The minimum Gasteiger partial charge on any atom is -0.508 e. The molecule has 20 heavy (non-hydrogen) atoms. The van der Waals surface area contributed by atoms with Crippen molar-refractivity contribution in [2.45, 2.75) is 19.1 Å². The van der Waals surface area contributed by atoms with Crippen LogP contribution in [-0.4, -0.2) is 29.4 Å². The van der Waals surface area contributed by atoms with E-state index in [1.54, 1.807) is 30.4 Å². The van der Waals surface area contributed by atoms with Crippen molar-refractivity contribution in [3.8, 4) is 5.75 Å². The Hall–Kier alpha value is -2.27. The lowest BCUT2D eigenvalue weighted by Gasteiger charge is -2.19. The number of ether oxygens (including phenoxy) is 2. The molecule has 0 saturated carbocycles. The van der Waals surface area contributed by atoms with Crippen LogP contribution in [0.3, 0.4) is 0 Å². The first-order chi connectivity index (χ1) is 9.62. The van der Waals surface area contributed by atoms with E-state index >= 15 is 0 Å². The van der Waals surface area contributed by atoms with Gasteiger partial charge in [0.1, 0.15) is 17.6 Å². The highest BCUT2D eigenvalue weighted by Gasteiger charge is 2.19. The number of aliphatic hydroxyl groups is 1. The Kier molecular flexibility index (Phi) is 4.42. The van der Waals surface area contributed by atoms with E-state index in [4.69, 9.17) is 14.6 Å². The minimum absolute atomic E-state index is 0.0350. The first kappa shape index (κ1) is 14.1. The van der Waals surface area contributed by atoms with E-state index in [2.05, 4.69) is 0 Å². The number of methoxy groups -OCH3 is 1.